The van der Waals surface area contributed by atoms with E-state index in [9.17, 15) is 0 Å². The molecule has 0 aliphatic heterocycles. The third kappa shape index (κ3) is 5.10. The molecule has 0 spiro atoms. The molecule has 1 nitrogen and oxygen atoms in total. The molecule has 0 aromatic carbocycles. The summed E-state index contributed by atoms with van der Waals surface area (Å²) in [6.07, 6.45) is 8.35. The predicted octanol–water partition coefficient (Wildman–Crippen LogP) is 1.13. The number of rotatable bonds is 2. The smallest absolute Gasteiger partial charge is 0.0199 e. The second-order valence-corrected chi connectivity index (χ2v) is 1.82. The summed E-state index contributed by atoms with van der Waals surface area (Å²) in [6, 6.07) is 0.472. The predicted molar refractivity (Wildman–Crippen MR) is 36.2 cm³/mol. The van der Waals surface area contributed by atoms with Crippen molar-refractivity contribution in [2.45, 2.75) is 19.9 Å². The zero-order valence-electron chi connectivity index (χ0n) is 5.31. The van der Waals surface area contributed by atoms with Crippen molar-refractivity contribution in [3.63, 3.8) is 0 Å². The fourth-order valence-electron chi connectivity index (χ4n) is 0.289. The third-order valence-electron chi connectivity index (χ3n) is 0.609. The van der Waals surface area contributed by atoms with E-state index in [1.807, 2.05) is 0 Å². The third-order valence-corrected chi connectivity index (χ3v) is 0.609. The lowest BCUT2D eigenvalue weighted by Crippen LogP contribution is -2.14. The summed E-state index contributed by atoms with van der Waals surface area (Å²) in [6.45, 7) is 4.11. The van der Waals surface area contributed by atoms with Crippen molar-refractivity contribution >= 4 is 0 Å². The molecule has 0 aromatic rings. The molecule has 8 heavy (non-hydrogen) atoms. The van der Waals surface area contributed by atoms with Gasteiger partial charge >= 0.3 is 0 Å². The summed E-state index contributed by atoms with van der Waals surface area (Å²) >= 11 is 0. The molecule has 0 aliphatic rings. The van der Waals surface area contributed by atoms with Gasteiger partial charge in [-0.3, -0.25) is 0 Å². The molecule has 0 amide bonds. The number of hydrogen-bond acceptors (Lipinski definition) is 1. The van der Waals surface area contributed by atoms with E-state index in [2.05, 4.69) is 25.1 Å². The highest BCUT2D eigenvalue weighted by Crippen LogP contribution is 1.74. The van der Waals surface area contributed by atoms with Gasteiger partial charge in [0.15, 0.2) is 0 Å². The molecule has 0 saturated heterocycles. The van der Waals surface area contributed by atoms with Crippen LogP contribution in [-0.4, -0.2) is 6.04 Å². The highest BCUT2D eigenvalue weighted by molar-refractivity contribution is 5.07. The van der Waals surface area contributed by atoms with Crippen LogP contribution in [0, 0.1) is 12.3 Å². The average molecular weight is 109 g/mol. The van der Waals surface area contributed by atoms with Crippen LogP contribution in [-0.2, 0) is 0 Å². The molecule has 1 N–H and O–H groups in total. The van der Waals surface area contributed by atoms with Crippen LogP contribution in [0.25, 0.3) is 0 Å². The lowest BCUT2D eigenvalue weighted by Gasteiger charge is -2.00. The zero-order valence-corrected chi connectivity index (χ0v) is 5.31. The summed E-state index contributed by atoms with van der Waals surface area (Å²) in [5.41, 5.74) is 0. The molecule has 1 heteroatoms. The van der Waals surface area contributed by atoms with Gasteiger partial charge in [0.2, 0.25) is 0 Å². The van der Waals surface area contributed by atoms with E-state index >= 15 is 0 Å². The van der Waals surface area contributed by atoms with E-state index in [4.69, 9.17) is 6.42 Å². The van der Waals surface area contributed by atoms with Crippen molar-refractivity contribution in [1.29, 1.82) is 0 Å². The highest BCUT2D eigenvalue weighted by atomic mass is 14.9. The minimum atomic E-state index is 0.472. The van der Waals surface area contributed by atoms with Crippen molar-refractivity contribution in [2.75, 3.05) is 0 Å². The number of allylic oxidation sites excluding steroid dienone is 1. The monoisotopic (exact) mass is 109 g/mol. The lowest BCUT2D eigenvalue weighted by molar-refractivity contribution is 0.703. The van der Waals surface area contributed by atoms with Crippen LogP contribution in [0.2, 0.25) is 0 Å². The van der Waals surface area contributed by atoms with Crippen LogP contribution in [0.1, 0.15) is 13.8 Å². The Labute approximate surface area is 50.8 Å². The largest absolute Gasteiger partial charge is 0.388 e. The maximum Gasteiger partial charge on any atom is 0.0199 e. The fourth-order valence-corrected chi connectivity index (χ4v) is 0.289. The Balaban J connectivity index is 3.19. The van der Waals surface area contributed by atoms with Gasteiger partial charge in [-0.25, -0.2) is 0 Å². The first-order chi connectivity index (χ1) is 3.77. The number of hydrogen-bond donors (Lipinski definition) is 1. The molecule has 0 atom stereocenters. The second-order valence-electron chi connectivity index (χ2n) is 1.82. The topological polar surface area (TPSA) is 12.0 Å². The molecule has 0 aliphatic carbocycles. The first kappa shape index (κ1) is 7.10. The van der Waals surface area contributed by atoms with E-state index in [0.717, 1.165) is 0 Å². The normalized spacial score (nSPS) is 9.75. The van der Waals surface area contributed by atoms with Crippen LogP contribution in [0.3, 0.4) is 0 Å². The summed E-state index contributed by atoms with van der Waals surface area (Å²) in [5, 5.41) is 3.02. The van der Waals surface area contributed by atoms with Gasteiger partial charge in [0.25, 0.3) is 0 Å². The van der Waals surface area contributed by atoms with Crippen LogP contribution in [0.4, 0.5) is 0 Å². The first-order valence-electron chi connectivity index (χ1n) is 2.64. The Kier molecular flexibility index (Phi) is 3.78. The van der Waals surface area contributed by atoms with E-state index in [0.29, 0.717) is 6.04 Å². The minimum absolute atomic E-state index is 0.472. The van der Waals surface area contributed by atoms with Gasteiger partial charge in [-0.15, -0.1) is 6.42 Å². The standard InChI is InChI=1S/C7H11N/c1-4-5-6-8-7(2)3/h1,5-8H,2-3H3/b6-5+. The Hall–Kier alpha value is -0.900. The molecule has 0 rings (SSSR count). The summed E-state index contributed by atoms with van der Waals surface area (Å²) in [5.74, 6) is 2.38. The Morgan fingerprint density at radius 2 is 2.25 bits per heavy atom. The number of terminal acetylenes is 1. The van der Waals surface area contributed by atoms with Crippen LogP contribution < -0.4 is 5.32 Å². The van der Waals surface area contributed by atoms with Crippen LogP contribution in [0.15, 0.2) is 12.3 Å². The van der Waals surface area contributed by atoms with Gasteiger partial charge in [0.1, 0.15) is 0 Å². The maximum atomic E-state index is 4.94. The molecule has 0 aromatic heterocycles. The lowest BCUT2D eigenvalue weighted by atomic mass is 10.4. The van der Waals surface area contributed by atoms with Crippen LogP contribution >= 0.6 is 0 Å². The summed E-state index contributed by atoms with van der Waals surface area (Å²) in [4.78, 5) is 0. The Morgan fingerprint density at radius 3 is 2.62 bits per heavy atom. The quantitative estimate of drug-likeness (QED) is 0.524. The van der Waals surface area contributed by atoms with Gasteiger partial charge in [0.05, 0.1) is 0 Å². The van der Waals surface area contributed by atoms with Gasteiger partial charge in [-0.1, -0.05) is 5.92 Å². The second kappa shape index (κ2) is 4.26. The zero-order chi connectivity index (χ0) is 6.41. The van der Waals surface area contributed by atoms with E-state index in [1.54, 1.807) is 12.3 Å². The van der Waals surface area contributed by atoms with Crippen molar-refractivity contribution in [1.82, 2.24) is 5.32 Å². The van der Waals surface area contributed by atoms with Gasteiger partial charge < -0.3 is 5.32 Å². The average Bonchev–Trinajstić information content (AvgIpc) is 1.66. The van der Waals surface area contributed by atoms with E-state index in [-0.39, 0.29) is 0 Å². The Bertz CT molecular complexity index is 106. The Morgan fingerprint density at radius 1 is 1.62 bits per heavy atom. The maximum absolute atomic E-state index is 4.94. The first-order valence-corrected chi connectivity index (χ1v) is 2.64. The van der Waals surface area contributed by atoms with Crippen molar-refractivity contribution in [3.05, 3.63) is 12.3 Å². The van der Waals surface area contributed by atoms with E-state index < -0.39 is 0 Å². The van der Waals surface area contributed by atoms with E-state index in [1.165, 1.54) is 0 Å². The van der Waals surface area contributed by atoms with Gasteiger partial charge in [-0.2, -0.15) is 0 Å². The van der Waals surface area contributed by atoms with Crippen LogP contribution in [0.5, 0.6) is 0 Å². The minimum Gasteiger partial charge on any atom is -0.388 e. The molecule has 0 heterocycles. The SMILES string of the molecule is C#C/C=C/NC(C)C. The van der Waals surface area contributed by atoms with Crippen molar-refractivity contribution in [3.8, 4) is 12.3 Å². The summed E-state index contributed by atoms with van der Waals surface area (Å²) < 4.78 is 0. The highest BCUT2D eigenvalue weighted by Gasteiger charge is 1.80. The molecular formula is C7H11N. The molecule has 0 radical (unpaired) electrons. The van der Waals surface area contributed by atoms with Crippen molar-refractivity contribution in [2.24, 2.45) is 0 Å². The fraction of sp³-hybridized carbons (Fsp3) is 0.429. The summed E-state index contributed by atoms with van der Waals surface area (Å²) in [7, 11) is 0. The van der Waals surface area contributed by atoms with Gasteiger partial charge in [0, 0.05) is 18.3 Å². The number of nitrogens with one attached hydrogen (secondary N) is 1. The molecule has 0 unspecified atom stereocenters. The molecule has 0 bridgehead atoms. The molecule has 0 saturated carbocycles. The molecule has 0 fully saturated rings. The molecule has 44 valence electrons. The molecular weight excluding hydrogens is 98.1 g/mol. The van der Waals surface area contributed by atoms with Gasteiger partial charge in [-0.05, 0) is 13.8 Å². The van der Waals surface area contributed by atoms with Crippen molar-refractivity contribution < 1.29 is 0 Å².